The summed E-state index contributed by atoms with van der Waals surface area (Å²) in [6.45, 7) is 4.72. The maximum absolute atomic E-state index is 12.7. The van der Waals surface area contributed by atoms with E-state index in [4.69, 9.17) is 9.05 Å². The first-order valence-electron chi connectivity index (χ1n) is 24.4. The van der Waals surface area contributed by atoms with E-state index in [1.54, 1.807) is 6.08 Å². The Morgan fingerprint density at radius 3 is 1.38 bits per heavy atom. The number of hydrogen-bond donors (Lipinski definition) is 3. The smallest absolute Gasteiger partial charge is 0.387 e. The number of amides is 1. The average molecular weight is 840 g/mol. The number of nitrogens with one attached hydrogen (secondary N) is 1. The molecule has 0 rings (SSSR count). The molecule has 0 aromatic heterocycles. The molecular formula is C49H96N2O6P+. The van der Waals surface area contributed by atoms with Gasteiger partial charge in [-0.25, -0.2) is 4.57 Å². The number of carbonyl (C=O) groups is 1. The minimum Gasteiger partial charge on any atom is -0.387 e. The van der Waals surface area contributed by atoms with Gasteiger partial charge in [-0.1, -0.05) is 204 Å². The normalized spacial score (nSPS) is 14.5. The lowest BCUT2D eigenvalue weighted by molar-refractivity contribution is -0.870. The fourth-order valence-electron chi connectivity index (χ4n) is 6.96. The Hall–Kier alpha value is -1.28. The van der Waals surface area contributed by atoms with E-state index in [-0.39, 0.29) is 19.1 Å². The lowest BCUT2D eigenvalue weighted by Gasteiger charge is -2.25. The standard InChI is InChI=1S/C49H95N2O6P/c1-6-8-10-12-14-15-16-17-18-19-20-21-22-23-24-25-26-27-28-29-30-31-32-33-34-35-36-37-38-40-42-48(52)47(50-49(53)43-41-39-13-11-9-7-2)46-57-58(54,55)56-45-44-51(3,4)5/h31-32,35-36,40,42,47-48,52H,6-30,33-34,37-39,41,43-46H2,1-5H3,(H-,50,53,54,55)/p+1/b32-31+,36-35+,42-40+. The van der Waals surface area contributed by atoms with Crippen LogP contribution in [-0.4, -0.2) is 73.4 Å². The Morgan fingerprint density at radius 1 is 0.569 bits per heavy atom. The molecule has 0 saturated heterocycles. The van der Waals surface area contributed by atoms with Crippen LogP contribution in [0, 0.1) is 0 Å². The second-order valence-corrected chi connectivity index (χ2v) is 19.3. The van der Waals surface area contributed by atoms with Crippen LogP contribution in [-0.2, 0) is 18.4 Å². The molecule has 0 aliphatic heterocycles. The van der Waals surface area contributed by atoms with Gasteiger partial charge in [0, 0.05) is 6.42 Å². The molecule has 0 radical (unpaired) electrons. The summed E-state index contributed by atoms with van der Waals surface area (Å²) >= 11 is 0. The Bertz CT molecular complexity index is 1040. The Kier molecular flexibility index (Phi) is 40.2. The van der Waals surface area contributed by atoms with Crippen LogP contribution >= 0.6 is 7.82 Å². The number of hydrogen-bond acceptors (Lipinski definition) is 5. The van der Waals surface area contributed by atoms with Gasteiger partial charge in [-0.3, -0.25) is 13.8 Å². The molecule has 0 aliphatic rings. The van der Waals surface area contributed by atoms with E-state index in [2.05, 4.69) is 43.5 Å². The van der Waals surface area contributed by atoms with Crippen molar-refractivity contribution in [1.82, 2.24) is 5.32 Å². The fraction of sp³-hybridized carbons (Fsp3) is 0.857. The summed E-state index contributed by atoms with van der Waals surface area (Å²) < 4.78 is 23.4. The van der Waals surface area contributed by atoms with Crippen LogP contribution < -0.4 is 5.32 Å². The molecule has 3 unspecified atom stereocenters. The van der Waals surface area contributed by atoms with E-state index < -0.39 is 20.0 Å². The van der Waals surface area contributed by atoms with Gasteiger partial charge in [0.1, 0.15) is 13.2 Å². The molecular weight excluding hydrogens is 744 g/mol. The first kappa shape index (κ1) is 56.7. The number of likely N-dealkylation sites (N-methyl/N-ethyl adjacent to an activating group) is 1. The van der Waals surface area contributed by atoms with Crippen LogP contribution in [0.2, 0.25) is 0 Å². The lowest BCUT2D eigenvalue weighted by Crippen LogP contribution is -2.45. The molecule has 0 heterocycles. The van der Waals surface area contributed by atoms with Gasteiger partial charge < -0.3 is 19.8 Å². The van der Waals surface area contributed by atoms with Gasteiger partial charge in [-0.15, -0.1) is 0 Å². The zero-order chi connectivity index (χ0) is 42.8. The third-order valence-electron chi connectivity index (χ3n) is 10.8. The molecule has 0 spiro atoms. The van der Waals surface area contributed by atoms with Gasteiger partial charge in [-0.2, -0.15) is 0 Å². The topological polar surface area (TPSA) is 105 Å². The first-order valence-corrected chi connectivity index (χ1v) is 25.9. The summed E-state index contributed by atoms with van der Waals surface area (Å²) in [5, 5.41) is 13.7. The Balaban J connectivity index is 4.07. The van der Waals surface area contributed by atoms with Crippen molar-refractivity contribution < 1.29 is 32.9 Å². The van der Waals surface area contributed by atoms with Crippen molar-refractivity contribution in [1.29, 1.82) is 0 Å². The van der Waals surface area contributed by atoms with Crippen LogP contribution in [0.5, 0.6) is 0 Å². The molecule has 0 aliphatic carbocycles. The number of rotatable bonds is 44. The van der Waals surface area contributed by atoms with E-state index in [0.29, 0.717) is 17.4 Å². The molecule has 8 nitrogen and oxygen atoms in total. The number of nitrogens with zero attached hydrogens (tertiary/aromatic N) is 1. The molecule has 0 aromatic rings. The van der Waals surface area contributed by atoms with Crippen molar-refractivity contribution in [2.45, 2.75) is 231 Å². The molecule has 1 amide bonds. The number of carbonyl (C=O) groups excluding carboxylic acids is 1. The van der Waals surface area contributed by atoms with Crippen molar-refractivity contribution in [3.63, 3.8) is 0 Å². The van der Waals surface area contributed by atoms with E-state index in [1.807, 2.05) is 27.2 Å². The average Bonchev–Trinajstić information content (AvgIpc) is 3.17. The highest BCUT2D eigenvalue weighted by Gasteiger charge is 2.27. The monoisotopic (exact) mass is 840 g/mol. The molecule has 342 valence electrons. The second kappa shape index (κ2) is 41.1. The Morgan fingerprint density at radius 2 is 0.948 bits per heavy atom. The van der Waals surface area contributed by atoms with Crippen molar-refractivity contribution in [3.8, 4) is 0 Å². The number of allylic oxidation sites excluding steroid dienone is 5. The summed E-state index contributed by atoms with van der Waals surface area (Å²) in [4.78, 5) is 22.9. The van der Waals surface area contributed by atoms with Crippen LogP contribution in [0.25, 0.3) is 0 Å². The van der Waals surface area contributed by atoms with Crippen molar-refractivity contribution in [2.75, 3.05) is 40.9 Å². The molecule has 0 fully saturated rings. The van der Waals surface area contributed by atoms with Gasteiger partial charge in [0.2, 0.25) is 5.91 Å². The number of unbranched alkanes of at least 4 members (excludes halogenated alkanes) is 27. The van der Waals surface area contributed by atoms with Crippen molar-refractivity contribution in [2.24, 2.45) is 0 Å². The minimum atomic E-state index is -4.34. The predicted molar refractivity (Wildman–Crippen MR) is 249 cm³/mol. The summed E-state index contributed by atoms with van der Waals surface area (Å²) in [7, 11) is 1.55. The van der Waals surface area contributed by atoms with Gasteiger partial charge in [0.15, 0.2) is 0 Å². The third-order valence-corrected chi connectivity index (χ3v) is 11.8. The third kappa shape index (κ3) is 42.8. The maximum atomic E-state index is 12.7. The maximum Gasteiger partial charge on any atom is 0.472 e. The first-order chi connectivity index (χ1) is 28.0. The molecule has 9 heteroatoms. The highest BCUT2D eigenvalue weighted by molar-refractivity contribution is 7.47. The summed E-state index contributed by atoms with van der Waals surface area (Å²) in [6.07, 6.45) is 51.4. The minimum absolute atomic E-state index is 0.0538. The predicted octanol–water partition coefficient (Wildman–Crippen LogP) is 13.9. The molecule has 0 saturated carbocycles. The van der Waals surface area contributed by atoms with Gasteiger partial charge in [-0.05, 0) is 44.9 Å². The zero-order valence-electron chi connectivity index (χ0n) is 38.8. The van der Waals surface area contributed by atoms with Gasteiger partial charge in [0.05, 0.1) is 39.9 Å². The van der Waals surface area contributed by atoms with Gasteiger partial charge in [0.25, 0.3) is 0 Å². The van der Waals surface area contributed by atoms with E-state index >= 15 is 0 Å². The molecule has 3 atom stereocenters. The van der Waals surface area contributed by atoms with E-state index in [9.17, 15) is 19.4 Å². The Labute approximate surface area is 359 Å². The quantitative estimate of drug-likeness (QED) is 0.0244. The lowest BCUT2D eigenvalue weighted by atomic mass is 10.0. The summed E-state index contributed by atoms with van der Waals surface area (Å²) in [6, 6.07) is -0.864. The SMILES string of the molecule is CCCCCCCCCCCCCCCCCCCCCC/C=C/CC/C=C/CC/C=C/C(O)C(COP(=O)(O)OCC[N+](C)(C)C)NC(=O)CCCCCCCC. The molecule has 3 N–H and O–H groups in total. The fourth-order valence-corrected chi connectivity index (χ4v) is 7.69. The molecule has 0 bridgehead atoms. The van der Waals surface area contributed by atoms with Crippen LogP contribution in [0.4, 0.5) is 0 Å². The summed E-state index contributed by atoms with van der Waals surface area (Å²) in [5.41, 5.74) is 0. The van der Waals surface area contributed by atoms with E-state index in [1.165, 1.54) is 154 Å². The van der Waals surface area contributed by atoms with Crippen molar-refractivity contribution in [3.05, 3.63) is 36.5 Å². The number of aliphatic hydroxyl groups excluding tert-OH is 1. The summed E-state index contributed by atoms with van der Waals surface area (Å²) in [5.74, 6) is -0.201. The molecule has 0 aromatic carbocycles. The highest BCUT2D eigenvalue weighted by Crippen LogP contribution is 2.43. The number of phosphoric acid groups is 1. The van der Waals surface area contributed by atoms with Crippen LogP contribution in [0.1, 0.15) is 219 Å². The number of aliphatic hydroxyl groups is 1. The largest absolute Gasteiger partial charge is 0.472 e. The van der Waals surface area contributed by atoms with E-state index in [0.717, 1.165) is 44.9 Å². The number of quaternary nitrogens is 1. The molecule has 58 heavy (non-hydrogen) atoms. The van der Waals surface area contributed by atoms with Crippen LogP contribution in [0.3, 0.4) is 0 Å². The zero-order valence-corrected chi connectivity index (χ0v) is 39.7. The van der Waals surface area contributed by atoms with Crippen LogP contribution in [0.15, 0.2) is 36.5 Å². The highest BCUT2D eigenvalue weighted by atomic mass is 31.2. The van der Waals surface area contributed by atoms with Crippen molar-refractivity contribution >= 4 is 13.7 Å². The second-order valence-electron chi connectivity index (χ2n) is 17.8. The number of phosphoric ester groups is 1. The van der Waals surface area contributed by atoms with Gasteiger partial charge >= 0.3 is 7.82 Å².